The van der Waals surface area contributed by atoms with Gasteiger partial charge in [-0.25, -0.2) is 4.98 Å². The smallest absolute Gasteiger partial charge is 0.237 e. The van der Waals surface area contributed by atoms with E-state index in [0.717, 1.165) is 44.9 Å². The van der Waals surface area contributed by atoms with E-state index in [1.54, 1.807) is 7.11 Å². The normalized spacial score (nSPS) is 11.4. The molecule has 186 valence electrons. The van der Waals surface area contributed by atoms with Crippen molar-refractivity contribution in [2.45, 2.75) is 37.5 Å². The first kappa shape index (κ1) is 26.0. The number of ether oxygens (including phenoxy) is 1. The van der Waals surface area contributed by atoms with Crippen molar-refractivity contribution in [3.8, 4) is 34.2 Å². The molecule has 0 saturated carbocycles. The number of rotatable bonds is 8. The lowest BCUT2D eigenvalue weighted by atomic mass is 9.98. The van der Waals surface area contributed by atoms with Crippen LogP contribution in [0.15, 0.2) is 83.9 Å². The molecule has 6 heteroatoms. The summed E-state index contributed by atoms with van der Waals surface area (Å²) in [6.07, 6.45) is 0.585. The van der Waals surface area contributed by atoms with Gasteiger partial charge in [0.25, 0.3) is 0 Å². The number of anilines is 1. The summed E-state index contributed by atoms with van der Waals surface area (Å²) < 4.78 is 5.31. The van der Waals surface area contributed by atoms with E-state index < -0.39 is 5.25 Å². The molecular formula is C31H29N3O2S. The number of thioether (sulfide) groups is 1. The third kappa shape index (κ3) is 6.19. The summed E-state index contributed by atoms with van der Waals surface area (Å²) >= 11 is 1.33. The molecular weight excluding hydrogens is 478 g/mol. The maximum Gasteiger partial charge on any atom is 0.237 e. The van der Waals surface area contributed by atoms with Crippen LogP contribution in [0.2, 0.25) is 0 Å². The highest BCUT2D eigenvalue weighted by Crippen LogP contribution is 2.37. The number of pyridine rings is 1. The number of hydrogen-bond donors (Lipinski definition) is 1. The van der Waals surface area contributed by atoms with Crippen molar-refractivity contribution in [2.75, 3.05) is 12.4 Å². The lowest BCUT2D eigenvalue weighted by Crippen LogP contribution is -2.25. The molecule has 0 aliphatic carbocycles. The zero-order valence-electron chi connectivity index (χ0n) is 21.4. The van der Waals surface area contributed by atoms with E-state index in [1.807, 2.05) is 99.6 Å². The lowest BCUT2D eigenvalue weighted by molar-refractivity contribution is -0.115. The monoisotopic (exact) mass is 507 g/mol. The fourth-order valence-electron chi connectivity index (χ4n) is 3.99. The first-order valence-electron chi connectivity index (χ1n) is 12.1. The predicted molar refractivity (Wildman–Crippen MR) is 151 cm³/mol. The molecule has 3 aromatic carbocycles. The van der Waals surface area contributed by atoms with Gasteiger partial charge in [-0.05, 0) is 73.9 Å². The van der Waals surface area contributed by atoms with Gasteiger partial charge in [-0.2, -0.15) is 5.26 Å². The van der Waals surface area contributed by atoms with Crippen molar-refractivity contribution in [1.82, 2.24) is 4.98 Å². The molecule has 1 atom stereocenters. The highest BCUT2D eigenvalue weighted by molar-refractivity contribution is 8.00. The largest absolute Gasteiger partial charge is 0.497 e. The number of aromatic nitrogens is 1. The van der Waals surface area contributed by atoms with Crippen molar-refractivity contribution >= 4 is 23.4 Å². The van der Waals surface area contributed by atoms with E-state index in [4.69, 9.17) is 9.72 Å². The second-order valence-corrected chi connectivity index (χ2v) is 10.0. The third-order valence-corrected chi connectivity index (χ3v) is 7.40. The Morgan fingerprint density at radius 1 is 1.00 bits per heavy atom. The van der Waals surface area contributed by atoms with E-state index in [9.17, 15) is 10.1 Å². The number of benzene rings is 3. The Kier molecular flexibility index (Phi) is 8.27. The number of nitrogens with one attached hydrogen (secondary N) is 1. The minimum absolute atomic E-state index is 0.115. The Balaban J connectivity index is 1.77. The Hall–Kier alpha value is -4.08. The van der Waals surface area contributed by atoms with E-state index in [-0.39, 0.29) is 5.91 Å². The molecule has 0 bridgehead atoms. The number of nitrogens with zero attached hydrogens (tertiary/aromatic N) is 2. The molecule has 4 aromatic rings. The average Bonchev–Trinajstić information content (AvgIpc) is 2.91. The van der Waals surface area contributed by atoms with Gasteiger partial charge in [0.15, 0.2) is 0 Å². The Morgan fingerprint density at radius 2 is 1.70 bits per heavy atom. The molecule has 1 heterocycles. The summed E-state index contributed by atoms with van der Waals surface area (Å²) in [5, 5.41) is 13.4. The average molecular weight is 508 g/mol. The van der Waals surface area contributed by atoms with E-state index in [0.29, 0.717) is 17.0 Å². The molecule has 0 radical (unpaired) electrons. The number of carbonyl (C=O) groups is 1. The van der Waals surface area contributed by atoms with Gasteiger partial charge in [-0.15, -0.1) is 0 Å². The van der Waals surface area contributed by atoms with Crippen LogP contribution >= 0.6 is 11.8 Å². The molecule has 37 heavy (non-hydrogen) atoms. The van der Waals surface area contributed by atoms with Gasteiger partial charge in [0.1, 0.15) is 16.8 Å². The standard InChI is InChI=1S/C31H29N3O2S/c1-5-29(30(35)33-24-8-6-7-21(3)17-24)37-31-27(19-32)26(22-11-9-20(2)10-12-22)18-28(34-31)23-13-15-25(36-4)16-14-23/h6-18,29H,5H2,1-4H3,(H,33,35). The van der Waals surface area contributed by atoms with Crippen molar-refractivity contribution < 1.29 is 9.53 Å². The van der Waals surface area contributed by atoms with Gasteiger partial charge in [0, 0.05) is 16.8 Å². The summed E-state index contributed by atoms with van der Waals surface area (Å²) in [5.74, 6) is 0.639. The fraction of sp³-hybridized carbons (Fsp3) is 0.194. The Morgan fingerprint density at radius 3 is 2.32 bits per heavy atom. The van der Waals surface area contributed by atoms with Crippen LogP contribution in [-0.2, 0) is 4.79 Å². The van der Waals surface area contributed by atoms with Gasteiger partial charge in [0.2, 0.25) is 5.91 Å². The molecule has 0 aliphatic rings. The molecule has 5 nitrogen and oxygen atoms in total. The number of carbonyl (C=O) groups excluding carboxylic acids is 1. The van der Waals surface area contributed by atoms with E-state index >= 15 is 0 Å². The number of hydrogen-bond acceptors (Lipinski definition) is 5. The fourth-order valence-corrected chi connectivity index (χ4v) is 5.01. The topological polar surface area (TPSA) is 75.0 Å². The lowest BCUT2D eigenvalue weighted by Gasteiger charge is -2.18. The van der Waals surface area contributed by atoms with Crippen LogP contribution in [0.3, 0.4) is 0 Å². The third-order valence-electron chi connectivity index (χ3n) is 6.05. The zero-order chi connectivity index (χ0) is 26.4. The molecule has 4 rings (SSSR count). The van der Waals surface area contributed by atoms with Gasteiger partial charge in [-0.1, -0.05) is 60.6 Å². The minimum Gasteiger partial charge on any atom is -0.497 e. The highest BCUT2D eigenvalue weighted by atomic mass is 32.2. The van der Waals surface area contributed by atoms with Crippen LogP contribution in [0, 0.1) is 25.2 Å². The van der Waals surface area contributed by atoms with Crippen molar-refractivity contribution in [1.29, 1.82) is 5.26 Å². The summed E-state index contributed by atoms with van der Waals surface area (Å²) in [4.78, 5) is 18.1. The molecule has 1 aromatic heterocycles. The number of methoxy groups -OCH3 is 1. The molecule has 0 aliphatic heterocycles. The van der Waals surface area contributed by atoms with Crippen molar-refractivity contribution in [3.63, 3.8) is 0 Å². The molecule has 1 amide bonds. The van der Waals surface area contributed by atoms with Crippen LogP contribution in [0.4, 0.5) is 5.69 Å². The highest BCUT2D eigenvalue weighted by Gasteiger charge is 2.23. The van der Waals surface area contributed by atoms with Crippen LogP contribution in [0.25, 0.3) is 22.4 Å². The number of aryl methyl sites for hydroxylation is 2. The minimum atomic E-state index is -0.419. The van der Waals surface area contributed by atoms with E-state index in [2.05, 4.69) is 11.4 Å². The summed E-state index contributed by atoms with van der Waals surface area (Å²) in [6, 6.07) is 27.8. The van der Waals surface area contributed by atoms with Crippen molar-refractivity contribution in [2.24, 2.45) is 0 Å². The molecule has 0 fully saturated rings. The van der Waals surface area contributed by atoms with Crippen LogP contribution in [0.5, 0.6) is 5.75 Å². The molecule has 0 spiro atoms. The summed E-state index contributed by atoms with van der Waals surface area (Å²) in [5.41, 5.74) is 6.78. The van der Waals surface area contributed by atoms with Crippen LogP contribution < -0.4 is 10.1 Å². The first-order valence-corrected chi connectivity index (χ1v) is 13.0. The Labute approximate surface area is 222 Å². The Bertz CT molecular complexity index is 1440. The number of amides is 1. The van der Waals surface area contributed by atoms with Crippen molar-refractivity contribution in [3.05, 3.63) is 95.6 Å². The quantitative estimate of drug-likeness (QED) is 0.251. The van der Waals surface area contributed by atoms with Crippen LogP contribution in [-0.4, -0.2) is 23.3 Å². The van der Waals surface area contributed by atoms with Crippen LogP contribution in [0.1, 0.15) is 30.0 Å². The maximum absolute atomic E-state index is 13.2. The second-order valence-electron chi connectivity index (χ2n) is 8.82. The molecule has 0 saturated heterocycles. The second kappa shape index (κ2) is 11.8. The first-order chi connectivity index (χ1) is 17.9. The van der Waals surface area contributed by atoms with E-state index in [1.165, 1.54) is 11.8 Å². The maximum atomic E-state index is 13.2. The molecule has 1 N–H and O–H groups in total. The zero-order valence-corrected chi connectivity index (χ0v) is 22.2. The van der Waals surface area contributed by atoms with Gasteiger partial charge in [0.05, 0.1) is 23.6 Å². The van der Waals surface area contributed by atoms with Gasteiger partial charge >= 0.3 is 0 Å². The summed E-state index contributed by atoms with van der Waals surface area (Å²) in [7, 11) is 1.63. The predicted octanol–water partition coefficient (Wildman–Crippen LogP) is 7.42. The number of nitriles is 1. The summed E-state index contributed by atoms with van der Waals surface area (Å²) in [6.45, 7) is 5.99. The van der Waals surface area contributed by atoms with Gasteiger partial charge < -0.3 is 10.1 Å². The SMILES string of the molecule is CCC(Sc1nc(-c2ccc(OC)cc2)cc(-c2ccc(C)cc2)c1C#N)C(=O)Nc1cccc(C)c1. The molecule has 1 unspecified atom stereocenters. The van der Waals surface area contributed by atoms with Gasteiger partial charge in [-0.3, -0.25) is 4.79 Å².